The molecule has 3 heteroatoms. The first-order valence-corrected chi connectivity index (χ1v) is 19.9. The molecule has 9 aromatic carbocycles. The van der Waals surface area contributed by atoms with Crippen LogP contribution in [0.4, 0.5) is 0 Å². The second-order valence-electron chi connectivity index (χ2n) is 15.1. The zero-order chi connectivity index (χ0) is 38.6. The molecule has 0 aliphatic rings. The Labute approximate surface area is 336 Å². The van der Waals surface area contributed by atoms with Crippen molar-refractivity contribution in [2.45, 2.75) is 6.42 Å². The van der Waals surface area contributed by atoms with Crippen molar-refractivity contribution in [2.24, 2.45) is 5.73 Å². The van der Waals surface area contributed by atoms with Crippen LogP contribution < -0.4 is 5.73 Å². The molecule has 11 rings (SSSR count). The average molecular weight is 742 g/mol. The molecule has 0 saturated carbocycles. The Kier molecular flexibility index (Phi) is 8.04. The molecule has 11 aromatic rings. The average Bonchev–Trinajstić information content (AvgIpc) is 3.82. The van der Waals surface area contributed by atoms with Crippen molar-refractivity contribution >= 4 is 76.4 Å². The summed E-state index contributed by atoms with van der Waals surface area (Å²) in [5.41, 5.74) is 19.0. The molecular formula is C55H39N3. The van der Waals surface area contributed by atoms with Crippen LogP contribution in [-0.4, -0.2) is 9.13 Å². The number of nitrogens with two attached hydrogens (primary N) is 1. The summed E-state index contributed by atoms with van der Waals surface area (Å²) in [4.78, 5) is 0. The second kappa shape index (κ2) is 13.8. The third-order valence-electron chi connectivity index (χ3n) is 11.8. The van der Waals surface area contributed by atoms with Crippen molar-refractivity contribution in [2.75, 3.05) is 0 Å². The predicted molar refractivity (Wildman–Crippen MR) is 247 cm³/mol. The lowest BCUT2D eigenvalue weighted by Crippen LogP contribution is -1.97. The normalized spacial score (nSPS) is 12.5. The summed E-state index contributed by atoms with van der Waals surface area (Å²) in [6.45, 7) is 0. The molecule has 0 aliphatic heterocycles. The molecule has 0 amide bonds. The molecule has 0 atom stereocenters. The number of nitrogens with zero attached hydrogens (tertiary/aromatic N) is 2. The Morgan fingerprint density at radius 1 is 0.379 bits per heavy atom. The van der Waals surface area contributed by atoms with Gasteiger partial charge < -0.3 is 14.9 Å². The van der Waals surface area contributed by atoms with Gasteiger partial charge >= 0.3 is 0 Å². The van der Waals surface area contributed by atoms with Crippen LogP contribution in [0, 0.1) is 0 Å². The van der Waals surface area contributed by atoms with Crippen LogP contribution in [0.25, 0.3) is 87.8 Å². The van der Waals surface area contributed by atoms with E-state index in [-0.39, 0.29) is 0 Å². The summed E-state index contributed by atoms with van der Waals surface area (Å²) < 4.78 is 4.82. The predicted octanol–water partition coefficient (Wildman–Crippen LogP) is 13.8. The first kappa shape index (κ1) is 33.7. The molecular weight excluding hydrogens is 703 g/mol. The minimum atomic E-state index is 0.752. The number of benzene rings is 9. The Balaban J connectivity index is 1.02. The Morgan fingerprint density at radius 2 is 0.828 bits per heavy atom. The molecule has 2 heterocycles. The molecule has 0 saturated heterocycles. The molecule has 0 bridgehead atoms. The van der Waals surface area contributed by atoms with Crippen molar-refractivity contribution in [3.8, 4) is 11.4 Å². The van der Waals surface area contributed by atoms with Gasteiger partial charge in [-0.25, -0.2) is 0 Å². The van der Waals surface area contributed by atoms with Gasteiger partial charge in [0.2, 0.25) is 0 Å². The molecule has 2 aromatic heterocycles. The number of rotatable bonds is 7. The summed E-state index contributed by atoms with van der Waals surface area (Å²) in [6, 6.07) is 72.0. The van der Waals surface area contributed by atoms with Crippen molar-refractivity contribution < 1.29 is 0 Å². The smallest absolute Gasteiger partial charge is 0.0547 e. The SMILES string of the molecule is N/C(=C\C(=C/Cc1ccc(-n2c3ccccc3c3c4ccc5c(ccc6c5c5ccccc5n6-c5ccccc5)c4ccc32)cc1)c1ccccc1)c1ccccc1. The first-order valence-electron chi connectivity index (χ1n) is 19.9. The standard InChI is InChI=1S/C55H39N3/c56-49(39-16-6-2-7-17-39)36-40(38-14-4-1-5-15-38)27-24-37-25-28-42(29-26-37)58-51-23-13-11-21-48(51)55-46-31-30-45-43(44(46)33-35-53(55)58)32-34-52-54(45)47-20-10-12-22-50(47)57(52)41-18-8-3-9-19-41/h1-23,25-36H,24,56H2/b40-27+,49-36-. The fourth-order valence-corrected chi connectivity index (χ4v) is 9.07. The number of allylic oxidation sites excluding steroid dienone is 3. The summed E-state index contributed by atoms with van der Waals surface area (Å²) in [5, 5.41) is 10.2. The highest BCUT2D eigenvalue weighted by molar-refractivity contribution is 6.30. The van der Waals surface area contributed by atoms with Crippen molar-refractivity contribution in [1.82, 2.24) is 9.13 Å². The molecule has 0 unspecified atom stereocenters. The quantitative estimate of drug-likeness (QED) is 0.128. The topological polar surface area (TPSA) is 35.9 Å². The van der Waals surface area contributed by atoms with Gasteiger partial charge in [0.1, 0.15) is 0 Å². The van der Waals surface area contributed by atoms with Crippen LogP contribution >= 0.6 is 0 Å². The van der Waals surface area contributed by atoms with Gasteiger partial charge in [-0.05, 0) is 105 Å². The van der Waals surface area contributed by atoms with Crippen LogP contribution in [0.5, 0.6) is 0 Å². The molecule has 3 nitrogen and oxygen atoms in total. The lowest BCUT2D eigenvalue weighted by molar-refractivity contribution is 1.16. The van der Waals surface area contributed by atoms with E-state index in [1.165, 1.54) is 76.4 Å². The van der Waals surface area contributed by atoms with Crippen molar-refractivity contribution in [3.63, 3.8) is 0 Å². The third-order valence-corrected chi connectivity index (χ3v) is 11.8. The van der Waals surface area contributed by atoms with Gasteiger partial charge in [0, 0.05) is 38.6 Å². The molecule has 274 valence electrons. The maximum atomic E-state index is 6.61. The van der Waals surface area contributed by atoms with Gasteiger partial charge in [-0.3, -0.25) is 0 Å². The van der Waals surface area contributed by atoms with Gasteiger partial charge in [0.05, 0.1) is 22.1 Å². The van der Waals surface area contributed by atoms with Gasteiger partial charge in [-0.1, -0.05) is 158 Å². The highest BCUT2D eigenvalue weighted by Crippen LogP contribution is 2.42. The second-order valence-corrected chi connectivity index (χ2v) is 15.1. The Hall–Kier alpha value is -7.62. The lowest BCUT2D eigenvalue weighted by atomic mass is 9.96. The van der Waals surface area contributed by atoms with E-state index in [0.29, 0.717) is 0 Å². The van der Waals surface area contributed by atoms with Gasteiger partial charge in [-0.15, -0.1) is 0 Å². The first-order chi connectivity index (χ1) is 28.7. The van der Waals surface area contributed by atoms with E-state index in [4.69, 9.17) is 5.73 Å². The number of fused-ring (bicyclic) bond motifs is 11. The van der Waals surface area contributed by atoms with Crippen LogP contribution in [-0.2, 0) is 6.42 Å². The zero-order valence-corrected chi connectivity index (χ0v) is 31.9. The fourth-order valence-electron chi connectivity index (χ4n) is 9.07. The number of aromatic nitrogens is 2. The number of hydrogen-bond acceptors (Lipinski definition) is 1. The van der Waals surface area contributed by atoms with E-state index in [1.807, 2.05) is 24.3 Å². The van der Waals surface area contributed by atoms with E-state index in [1.54, 1.807) is 0 Å². The van der Waals surface area contributed by atoms with Crippen molar-refractivity contribution in [1.29, 1.82) is 0 Å². The number of hydrogen-bond donors (Lipinski definition) is 1. The maximum absolute atomic E-state index is 6.61. The number of para-hydroxylation sites is 3. The third kappa shape index (κ3) is 5.51. The van der Waals surface area contributed by atoms with E-state index in [2.05, 4.69) is 197 Å². The fraction of sp³-hybridized carbons (Fsp3) is 0.0182. The molecule has 0 radical (unpaired) electrons. The van der Waals surface area contributed by atoms with Gasteiger partial charge in [0.25, 0.3) is 0 Å². The van der Waals surface area contributed by atoms with E-state index >= 15 is 0 Å². The molecule has 0 spiro atoms. The Morgan fingerprint density at radius 3 is 1.38 bits per heavy atom. The highest BCUT2D eigenvalue weighted by Gasteiger charge is 2.19. The van der Waals surface area contributed by atoms with Gasteiger partial charge in [0.15, 0.2) is 0 Å². The molecule has 2 N–H and O–H groups in total. The van der Waals surface area contributed by atoms with E-state index in [0.717, 1.165) is 34.5 Å². The molecule has 58 heavy (non-hydrogen) atoms. The highest BCUT2D eigenvalue weighted by atomic mass is 15.0. The minimum absolute atomic E-state index is 0.752. The van der Waals surface area contributed by atoms with E-state index in [9.17, 15) is 0 Å². The lowest BCUT2D eigenvalue weighted by Gasteiger charge is -2.11. The van der Waals surface area contributed by atoms with Crippen molar-refractivity contribution in [3.05, 3.63) is 229 Å². The van der Waals surface area contributed by atoms with Gasteiger partial charge in [-0.2, -0.15) is 0 Å². The monoisotopic (exact) mass is 741 g/mol. The zero-order valence-electron chi connectivity index (χ0n) is 31.9. The maximum Gasteiger partial charge on any atom is 0.0547 e. The molecule has 0 fully saturated rings. The van der Waals surface area contributed by atoms with Crippen LogP contribution in [0.3, 0.4) is 0 Å². The summed E-state index contributed by atoms with van der Waals surface area (Å²) >= 11 is 0. The summed E-state index contributed by atoms with van der Waals surface area (Å²) in [7, 11) is 0. The van der Waals surface area contributed by atoms with Crippen LogP contribution in [0.1, 0.15) is 16.7 Å². The summed E-state index contributed by atoms with van der Waals surface area (Å²) in [5.74, 6) is 0. The van der Waals surface area contributed by atoms with Crippen LogP contribution in [0.15, 0.2) is 212 Å². The van der Waals surface area contributed by atoms with E-state index < -0.39 is 0 Å². The summed E-state index contributed by atoms with van der Waals surface area (Å²) in [6.07, 6.45) is 5.16. The molecule has 0 aliphatic carbocycles. The minimum Gasteiger partial charge on any atom is -0.398 e. The van der Waals surface area contributed by atoms with Crippen LogP contribution in [0.2, 0.25) is 0 Å². The Bertz CT molecular complexity index is 3390. The largest absolute Gasteiger partial charge is 0.398 e.